The molecule has 0 aromatic heterocycles. The normalized spacial score (nSPS) is 20.7. The Bertz CT molecular complexity index is 384. The van der Waals surface area contributed by atoms with Gasteiger partial charge in [0, 0.05) is 18.3 Å². The summed E-state index contributed by atoms with van der Waals surface area (Å²) in [7, 11) is 0. The standard InChI is InChI=1S/C13H17F3N2/c14-13(15,16)11-6-1-2-7-12(11)18-9-10-5-3-4-8-17-10/h1-2,6-7,10,17-18H,3-5,8-9H2. The van der Waals surface area contributed by atoms with Crippen molar-refractivity contribution in [2.75, 3.05) is 18.4 Å². The summed E-state index contributed by atoms with van der Waals surface area (Å²) in [6.45, 7) is 1.49. The Morgan fingerprint density at radius 1 is 1.22 bits per heavy atom. The van der Waals surface area contributed by atoms with Crippen LogP contribution in [0.4, 0.5) is 18.9 Å². The highest BCUT2D eigenvalue weighted by atomic mass is 19.4. The minimum absolute atomic E-state index is 0.164. The third kappa shape index (κ3) is 3.38. The van der Waals surface area contributed by atoms with E-state index >= 15 is 0 Å². The van der Waals surface area contributed by atoms with E-state index in [1.165, 1.54) is 12.1 Å². The molecular formula is C13H17F3N2. The first-order valence-corrected chi connectivity index (χ1v) is 6.21. The second kappa shape index (κ2) is 5.61. The number of benzene rings is 1. The second-order valence-electron chi connectivity index (χ2n) is 4.57. The molecule has 18 heavy (non-hydrogen) atoms. The first-order valence-electron chi connectivity index (χ1n) is 6.21. The van der Waals surface area contributed by atoms with E-state index in [-0.39, 0.29) is 11.7 Å². The molecule has 0 radical (unpaired) electrons. The van der Waals surface area contributed by atoms with Gasteiger partial charge in [0.2, 0.25) is 0 Å². The van der Waals surface area contributed by atoms with E-state index < -0.39 is 11.7 Å². The maximum Gasteiger partial charge on any atom is 0.418 e. The van der Waals surface area contributed by atoms with Crippen molar-refractivity contribution in [1.29, 1.82) is 0 Å². The Kier molecular flexibility index (Phi) is 4.11. The Balaban J connectivity index is 2.00. The molecule has 5 heteroatoms. The number of alkyl halides is 3. The Hall–Kier alpha value is -1.23. The van der Waals surface area contributed by atoms with Crippen molar-refractivity contribution in [1.82, 2.24) is 5.32 Å². The average molecular weight is 258 g/mol. The molecule has 0 aliphatic carbocycles. The van der Waals surface area contributed by atoms with Crippen LogP contribution in [0.3, 0.4) is 0 Å². The zero-order valence-electron chi connectivity index (χ0n) is 10.1. The molecule has 1 unspecified atom stereocenters. The molecule has 2 nitrogen and oxygen atoms in total. The summed E-state index contributed by atoms with van der Waals surface area (Å²) in [5.41, 5.74) is -0.432. The van der Waals surface area contributed by atoms with Crippen molar-refractivity contribution in [2.24, 2.45) is 0 Å². The Morgan fingerprint density at radius 3 is 2.67 bits per heavy atom. The van der Waals surface area contributed by atoms with Crippen LogP contribution in [0.1, 0.15) is 24.8 Å². The fourth-order valence-corrected chi connectivity index (χ4v) is 2.22. The minimum Gasteiger partial charge on any atom is -0.383 e. The van der Waals surface area contributed by atoms with Gasteiger partial charge in [-0.15, -0.1) is 0 Å². The molecule has 0 amide bonds. The second-order valence-corrected chi connectivity index (χ2v) is 4.57. The fraction of sp³-hybridized carbons (Fsp3) is 0.538. The van der Waals surface area contributed by atoms with E-state index in [4.69, 9.17) is 0 Å². The molecule has 1 aliphatic rings. The van der Waals surface area contributed by atoms with Gasteiger partial charge in [-0.05, 0) is 31.5 Å². The van der Waals surface area contributed by atoms with Crippen LogP contribution in [-0.4, -0.2) is 19.1 Å². The SMILES string of the molecule is FC(F)(F)c1ccccc1NCC1CCCCN1. The predicted octanol–water partition coefficient (Wildman–Crippen LogP) is 3.26. The predicted molar refractivity (Wildman–Crippen MR) is 65.6 cm³/mol. The van der Waals surface area contributed by atoms with Gasteiger partial charge in [0.05, 0.1) is 5.56 Å². The maximum atomic E-state index is 12.8. The van der Waals surface area contributed by atoms with Gasteiger partial charge in [-0.2, -0.15) is 13.2 Å². The monoisotopic (exact) mass is 258 g/mol. The van der Waals surface area contributed by atoms with Gasteiger partial charge in [-0.25, -0.2) is 0 Å². The third-order valence-electron chi connectivity index (χ3n) is 3.18. The molecule has 1 aromatic carbocycles. The summed E-state index contributed by atoms with van der Waals surface area (Å²) in [6.07, 6.45) is -0.999. The molecule has 2 N–H and O–H groups in total. The number of rotatable bonds is 3. The smallest absolute Gasteiger partial charge is 0.383 e. The van der Waals surface area contributed by atoms with Crippen LogP contribution < -0.4 is 10.6 Å². The topological polar surface area (TPSA) is 24.1 Å². The molecule has 0 spiro atoms. The zero-order chi connectivity index (χ0) is 13.0. The molecule has 1 aromatic rings. The lowest BCUT2D eigenvalue weighted by atomic mass is 10.0. The number of para-hydroxylation sites is 1. The van der Waals surface area contributed by atoms with Crippen LogP contribution in [0.25, 0.3) is 0 Å². The van der Waals surface area contributed by atoms with Crippen LogP contribution in [0.5, 0.6) is 0 Å². The summed E-state index contributed by atoms with van der Waals surface area (Å²) in [6, 6.07) is 5.88. The number of hydrogen-bond acceptors (Lipinski definition) is 2. The van der Waals surface area contributed by atoms with Crippen molar-refractivity contribution in [3.05, 3.63) is 29.8 Å². The average Bonchev–Trinajstić information content (AvgIpc) is 2.37. The highest BCUT2D eigenvalue weighted by Crippen LogP contribution is 2.34. The molecular weight excluding hydrogens is 241 g/mol. The summed E-state index contributed by atoms with van der Waals surface area (Å²) in [5, 5.41) is 6.21. The first kappa shape index (κ1) is 13.2. The lowest BCUT2D eigenvalue weighted by Crippen LogP contribution is -2.39. The fourth-order valence-electron chi connectivity index (χ4n) is 2.22. The van der Waals surface area contributed by atoms with Crippen molar-refractivity contribution >= 4 is 5.69 Å². The van der Waals surface area contributed by atoms with Gasteiger partial charge in [0.15, 0.2) is 0 Å². The molecule has 2 rings (SSSR count). The van der Waals surface area contributed by atoms with E-state index in [0.29, 0.717) is 6.54 Å². The largest absolute Gasteiger partial charge is 0.418 e. The highest BCUT2D eigenvalue weighted by molar-refractivity contribution is 5.52. The van der Waals surface area contributed by atoms with Gasteiger partial charge < -0.3 is 10.6 Å². The summed E-state index contributed by atoms with van der Waals surface area (Å²) >= 11 is 0. The van der Waals surface area contributed by atoms with Crippen LogP contribution >= 0.6 is 0 Å². The van der Waals surface area contributed by atoms with Crippen molar-refractivity contribution in [3.8, 4) is 0 Å². The van der Waals surface area contributed by atoms with Crippen LogP contribution in [-0.2, 0) is 6.18 Å². The van der Waals surface area contributed by atoms with Crippen LogP contribution in [0.2, 0.25) is 0 Å². The van der Waals surface area contributed by atoms with E-state index in [0.717, 1.165) is 31.9 Å². The maximum absolute atomic E-state index is 12.8. The van der Waals surface area contributed by atoms with Gasteiger partial charge in [0.1, 0.15) is 0 Å². The van der Waals surface area contributed by atoms with Gasteiger partial charge in [0.25, 0.3) is 0 Å². The number of hydrogen-bond donors (Lipinski definition) is 2. The Morgan fingerprint density at radius 2 is 2.00 bits per heavy atom. The van der Waals surface area contributed by atoms with E-state index in [2.05, 4.69) is 10.6 Å². The van der Waals surface area contributed by atoms with Crippen LogP contribution in [0, 0.1) is 0 Å². The summed E-state index contributed by atoms with van der Waals surface area (Å²) in [4.78, 5) is 0. The number of piperidine rings is 1. The first-order chi connectivity index (χ1) is 8.57. The van der Waals surface area contributed by atoms with Crippen molar-refractivity contribution < 1.29 is 13.2 Å². The molecule has 1 heterocycles. The van der Waals surface area contributed by atoms with Gasteiger partial charge in [-0.1, -0.05) is 18.6 Å². The lowest BCUT2D eigenvalue weighted by Gasteiger charge is -2.25. The molecule has 100 valence electrons. The minimum atomic E-state index is -4.30. The van der Waals surface area contributed by atoms with E-state index in [9.17, 15) is 13.2 Å². The third-order valence-corrected chi connectivity index (χ3v) is 3.18. The molecule has 0 bridgehead atoms. The number of anilines is 1. The van der Waals surface area contributed by atoms with E-state index in [1.54, 1.807) is 6.07 Å². The van der Waals surface area contributed by atoms with Gasteiger partial charge >= 0.3 is 6.18 Å². The molecule has 0 saturated carbocycles. The molecule has 1 saturated heterocycles. The Labute approximate surface area is 105 Å². The molecule has 1 aliphatic heterocycles. The molecule has 1 fully saturated rings. The number of halogens is 3. The summed E-state index contributed by atoms with van der Waals surface area (Å²) in [5.74, 6) is 0. The zero-order valence-corrected chi connectivity index (χ0v) is 10.1. The summed E-state index contributed by atoms with van der Waals surface area (Å²) < 4.78 is 38.3. The quantitative estimate of drug-likeness (QED) is 0.869. The van der Waals surface area contributed by atoms with E-state index in [1.807, 2.05) is 0 Å². The number of nitrogens with one attached hydrogen (secondary N) is 2. The lowest BCUT2D eigenvalue weighted by molar-refractivity contribution is -0.136. The van der Waals surface area contributed by atoms with Crippen molar-refractivity contribution in [3.63, 3.8) is 0 Å². The van der Waals surface area contributed by atoms with Crippen LogP contribution in [0.15, 0.2) is 24.3 Å². The van der Waals surface area contributed by atoms with Gasteiger partial charge in [-0.3, -0.25) is 0 Å². The highest BCUT2D eigenvalue weighted by Gasteiger charge is 2.33. The molecule has 1 atom stereocenters. The van der Waals surface area contributed by atoms with Crippen molar-refractivity contribution in [2.45, 2.75) is 31.5 Å².